The van der Waals surface area contributed by atoms with Crippen molar-refractivity contribution in [3.05, 3.63) is 64.1 Å². The van der Waals surface area contributed by atoms with E-state index >= 15 is 0 Å². The molecule has 0 radical (unpaired) electrons. The highest BCUT2D eigenvalue weighted by Crippen LogP contribution is 2.27. The molecule has 8 heteroatoms. The Balaban J connectivity index is 1.68. The lowest BCUT2D eigenvalue weighted by Crippen LogP contribution is -2.38. The second-order valence-electron chi connectivity index (χ2n) is 4.86. The van der Waals surface area contributed by atoms with Gasteiger partial charge in [-0.25, -0.2) is 10.2 Å². The molecule has 3 rings (SSSR count). The van der Waals surface area contributed by atoms with Crippen molar-refractivity contribution in [1.29, 1.82) is 0 Å². The van der Waals surface area contributed by atoms with Gasteiger partial charge in [0.1, 0.15) is 0 Å². The number of hydrogen-bond acceptors (Lipinski definition) is 6. The summed E-state index contributed by atoms with van der Waals surface area (Å²) in [6.45, 7) is 0. The Hall–Kier alpha value is -1.58. The molecule has 23 heavy (non-hydrogen) atoms. The van der Waals surface area contributed by atoms with Crippen molar-refractivity contribution in [2.75, 3.05) is 5.01 Å². The van der Waals surface area contributed by atoms with Crippen LogP contribution in [0.2, 0.25) is 0 Å². The van der Waals surface area contributed by atoms with Gasteiger partial charge in [0.25, 0.3) is 0 Å². The molecule has 1 atom stereocenters. The highest BCUT2D eigenvalue weighted by Gasteiger charge is 2.24. The van der Waals surface area contributed by atoms with Crippen LogP contribution in [0, 0.1) is 0 Å². The van der Waals surface area contributed by atoms with Gasteiger partial charge in [0.05, 0.1) is 11.3 Å². The first-order valence-corrected chi connectivity index (χ1v) is 8.73. The number of halogens is 1. The predicted octanol–water partition coefficient (Wildman–Crippen LogP) is 2.70. The number of carboxylic acid groups (broad SMARTS) is 1. The van der Waals surface area contributed by atoms with Crippen LogP contribution in [0.4, 0.5) is 5.69 Å². The summed E-state index contributed by atoms with van der Waals surface area (Å²) in [7, 11) is 0. The number of nitrogens with zero attached hydrogens (tertiary/aromatic N) is 1. The van der Waals surface area contributed by atoms with Gasteiger partial charge in [0, 0.05) is 10.2 Å². The second-order valence-corrected chi connectivity index (χ2v) is 6.78. The molecule has 120 valence electrons. The van der Waals surface area contributed by atoms with Crippen molar-refractivity contribution in [2.45, 2.75) is 11.3 Å². The first-order chi connectivity index (χ1) is 11.1. The zero-order valence-electron chi connectivity index (χ0n) is 12.0. The first-order valence-electron chi connectivity index (χ1n) is 6.89. The monoisotopic (exact) mass is 394 g/mol. The van der Waals surface area contributed by atoms with E-state index in [4.69, 9.17) is 5.11 Å². The molecule has 1 fully saturated rings. The van der Waals surface area contributed by atoms with Crippen LogP contribution < -0.4 is 21.5 Å². The highest BCUT2D eigenvalue weighted by molar-refractivity contribution is 9.10. The van der Waals surface area contributed by atoms with Crippen molar-refractivity contribution in [3.63, 3.8) is 0 Å². The lowest BCUT2D eigenvalue weighted by atomic mass is 10.2. The second kappa shape index (κ2) is 7.33. The van der Waals surface area contributed by atoms with Gasteiger partial charge in [0.2, 0.25) is 0 Å². The van der Waals surface area contributed by atoms with Crippen LogP contribution in [-0.2, 0) is 5.75 Å². The molecule has 2 aromatic carbocycles. The van der Waals surface area contributed by atoms with E-state index in [1.807, 2.05) is 23.2 Å². The maximum atomic E-state index is 10.9. The highest BCUT2D eigenvalue weighted by atomic mass is 79.9. The Kier molecular flexibility index (Phi) is 5.19. The zero-order chi connectivity index (χ0) is 16.2. The maximum Gasteiger partial charge on any atom is 0.335 e. The van der Waals surface area contributed by atoms with Crippen LogP contribution in [0.5, 0.6) is 0 Å². The quantitative estimate of drug-likeness (QED) is 0.620. The third-order valence-corrected chi connectivity index (χ3v) is 5.25. The molecule has 0 aliphatic carbocycles. The van der Waals surface area contributed by atoms with Gasteiger partial charge in [-0.2, -0.15) is 11.1 Å². The molecule has 0 saturated carbocycles. The van der Waals surface area contributed by atoms with Crippen LogP contribution in [0.15, 0.2) is 53.0 Å². The van der Waals surface area contributed by atoms with E-state index in [0.29, 0.717) is 0 Å². The lowest BCUT2D eigenvalue weighted by Gasteiger charge is -2.23. The molecule has 0 spiro atoms. The van der Waals surface area contributed by atoms with Crippen molar-refractivity contribution in [3.8, 4) is 0 Å². The average molecular weight is 395 g/mol. The molecule has 4 N–H and O–H groups in total. The number of rotatable bonds is 5. The number of hydrazine groups is 3. The van der Waals surface area contributed by atoms with Gasteiger partial charge in [-0.3, -0.25) is 5.01 Å². The summed E-state index contributed by atoms with van der Waals surface area (Å²) in [5, 5.41) is 10.9. The zero-order valence-corrected chi connectivity index (χ0v) is 14.4. The molecule has 0 bridgehead atoms. The average Bonchev–Trinajstić information content (AvgIpc) is 3.02. The smallest absolute Gasteiger partial charge is 0.335 e. The standard InChI is InChI=1S/C15H15BrN4O2S/c16-13-4-2-1-3-11(13)9-23-15-17-18-19-20(15)12-7-5-10(6-8-12)14(21)22/h1-8,15,17-19H,9H2,(H,21,22). The van der Waals surface area contributed by atoms with Crippen molar-refractivity contribution >= 4 is 39.3 Å². The van der Waals surface area contributed by atoms with E-state index in [-0.39, 0.29) is 11.1 Å². The minimum Gasteiger partial charge on any atom is -0.478 e. The number of hydrogen-bond donors (Lipinski definition) is 4. The third kappa shape index (κ3) is 3.85. The molecular formula is C15H15BrN4O2S. The number of anilines is 1. The van der Waals surface area contributed by atoms with Crippen LogP contribution in [0.3, 0.4) is 0 Å². The van der Waals surface area contributed by atoms with E-state index in [0.717, 1.165) is 15.9 Å². The molecule has 6 nitrogen and oxygen atoms in total. The minimum atomic E-state index is -0.929. The Morgan fingerprint density at radius 3 is 2.65 bits per heavy atom. The van der Waals surface area contributed by atoms with Crippen molar-refractivity contribution in [2.24, 2.45) is 0 Å². The van der Waals surface area contributed by atoms with Gasteiger partial charge in [-0.15, -0.1) is 11.8 Å². The van der Waals surface area contributed by atoms with Gasteiger partial charge in [-0.05, 0) is 35.9 Å². The summed E-state index contributed by atoms with van der Waals surface area (Å²) < 4.78 is 1.09. The summed E-state index contributed by atoms with van der Waals surface area (Å²) in [5.74, 6) is -0.103. The Morgan fingerprint density at radius 1 is 1.22 bits per heavy atom. The van der Waals surface area contributed by atoms with E-state index in [2.05, 4.69) is 38.5 Å². The van der Waals surface area contributed by atoms with Gasteiger partial charge in [0.15, 0.2) is 5.50 Å². The number of thioether (sulfide) groups is 1. The van der Waals surface area contributed by atoms with Crippen molar-refractivity contribution in [1.82, 2.24) is 16.5 Å². The van der Waals surface area contributed by atoms with E-state index in [1.165, 1.54) is 5.56 Å². The maximum absolute atomic E-state index is 10.9. The largest absolute Gasteiger partial charge is 0.478 e. The number of carboxylic acids is 1. The lowest BCUT2D eigenvalue weighted by molar-refractivity contribution is 0.0697. The summed E-state index contributed by atoms with van der Waals surface area (Å²) in [4.78, 5) is 10.9. The summed E-state index contributed by atoms with van der Waals surface area (Å²) in [5.41, 5.74) is 11.4. The fourth-order valence-electron chi connectivity index (χ4n) is 2.14. The molecular weight excluding hydrogens is 380 g/mol. The van der Waals surface area contributed by atoms with E-state index in [9.17, 15) is 4.79 Å². The third-order valence-electron chi connectivity index (χ3n) is 3.35. The molecule has 1 aliphatic heterocycles. The van der Waals surface area contributed by atoms with Crippen LogP contribution in [0.1, 0.15) is 15.9 Å². The molecule has 0 amide bonds. The van der Waals surface area contributed by atoms with E-state index < -0.39 is 5.97 Å². The Bertz CT molecular complexity index is 698. The Morgan fingerprint density at radius 2 is 1.96 bits per heavy atom. The molecule has 1 unspecified atom stereocenters. The summed E-state index contributed by atoms with van der Waals surface area (Å²) in [6, 6.07) is 14.8. The van der Waals surface area contributed by atoms with Crippen LogP contribution in [0.25, 0.3) is 0 Å². The summed E-state index contributed by atoms with van der Waals surface area (Å²) >= 11 is 5.26. The molecule has 0 aromatic heterocycles. The van der Waals surface area contributed by atoms with Gasteiger partial charge < -0.3 is 5.11 Å². The van der Waals surface area contributed by atoms with Crippen LogP contribution in [-0.4, -0.2) is 16.6 Å². The number of nitrogens with one attached hydrogen (secondary N) is 3. The Labute approximate surface area is 146 Å². The minimum absolute atomic E-state index is 0.0298. The fraction of sp³-hybridized carbons (Fsp3) is 0.133. The topological polar surface area (TPSA) is 76.6 Å². The van der Waals surface area contributed by atoms with E-state index in [1.54, 1.807) is 36.0 Å². The molecule has 1 heterocycles. The van der Waals surface area contributed by atoms with Gasteiger partial charge >= 0.3 is 5.97 Å². The molecule has 1 saturated heterocycles. The predicted molar refractivity (Wildman–Crippen MR) is 94.5 cm³/mol. The van der Waals surface area contributed by atoms with Crippen LogP contribution >= 0.6 is 27.7 Å². The number of aromatic carboxylic acids is 1. The number of benzene rings is 2. The van der Waals surface area contributed by atoms with Crippen molar-refractivity contribution < 1.29 is 9.90 Å². The summed E-state index contributed by atoms with van der Waals surface area (Å²) in [6.07, 6.45) is 0. The fourth-order valence-corrected chi connectivity index (χ4v) is 3.81. The number of carbonyl (C=O) groups is 1. The molecule has 1 aliphatic rings. The molecule has 2 aromatic rings. The first kappa shape index (κ1) is 16.3. The SMILES string of the molecule is O=C(O)c1ccc(N2NNNC2SCc2ccccc2Br)cc1. The normalized spacial score (nSPS) is 17.4. The van der Waals surface area contributed by atoms with Gasteiger partial charge in [-0.1, -0.05) is 34.1 Å².